The number of benzene rings is 3. The number of fused-ring (bicyclic) bond motifs is 1. The maximum atomic E-state index is 13.0. The van der Waals surface area contributed by atoms with E-state index in [1.165, 1.54) is 11.8 Å². The maximum absolute atomic E-state index is 13.0. The summed E-state index contributed by atoms with van der Waals surface area (Å²) in [6, 6.07) is 23.6. The van der Waals surface area contributed by atoms with Gasteiger partial charge in [0.2, 0.25) is 5.91 Å². The van der Waals surface area contributed by atoms with Crippen LogP contribution >= 0.6 is 11.8 Å². The summed E-state index contributed by atoms with van der Waals surface area (Å²) in [7, 11) is 0. The van der Waals surface area contributed by atoms with Crippen molar-refractivity contribution < 1.29 is 14.3 Å². The number of rotatable bonds is 9. The number of esters is 1. The van der Waals surface area contributed by atoms with E-state index in [1.54, 1.807) is 6.92 Å². The highest BCUT2D eigenvalue weighted by Gasteiger charge is 2.22. The Morgan fingerprint density at radius 3 is 2.53 bits per heavy atom. The smallest absolute Gasteiger partial charge is 0.313 e. The van der Waals surface area contributed by atoms with Crippen molar-refractivity contribution in [1.82, 2.24) is 14.8 Å². The van der Waals surface area contributed by atoms with Gasteiger partial charge in [-0.15, -0.1) is 10.2 Å². The summed E-state index contributed by atoms with van der Waals surface area (Å²) in [5.41, 5.74) is 1.81. The molecule has 0 saturated heterocycles. The van der Waals surface area contributed by atoms with E-state index < -0.39 is 5.25 Å². The highest BCUT2D eigenvalue weighted by atomic mass is 32.2. The third-order valence-electron chi connectivity index (χ3n) is 5.28. The average molecular weight is 475 g/mol. The summed E-state index contributed by atoms with van der Waals surface area (Å²) >= 11 is 1.31. The number of nitrogens with zero attached hydrogens (tertiary/aromatic N) is 3. The molecule has 4 aromatic rings. The number of thioether (sulfide) groups is 1. The molecular weight excluding hydrogens is 448 g/mol. The number of aromatic nitrogens is 3. The van der Waals surface area contributed by atoms with Crippen LogP contribution in [0.15, 0.2) is 78.0 Å². The monoisotopic (exact) mass is 474 g/mol. The molecule has 8 heteroatoms. The Morgan fingerprint density at radius 1 is 1.00 bits per heavy atom. The molecule has 1 N–H and O–H groups in total. The van der Waals surface area contributed by atoms with Gasteiger partial charge in [-0.2, -0.15) is 0 Å². The van der Waals surface area contributed by atoms with E-state index in [0.717, 1.165) is 22.0 Å². The average Bonchev–Trinajstić information content (AvgIpc) is 3.20. The minimum absolute atomic E-state index is 0.0187. The van der Waals surface area contributed by atoms with Crippen molar-refractivity contribution in [2.45, 2.75) is 37.2 Å². The number of anilines is 1. The number of carbonyl (C=O) groups is 2. The van der Waals surface area contributed by atoms with E-state index in [9.17, 15) is 9.59 Å². The summed E-state index contributed by atoms with van der Waals surface area (Å²) in [4.78, 5) is 25.1. The molecular formula is C26H26N4O3S. The lowest BCUT2D eigenvalue weighted by atomic mass is 10.1. The van der Waals surface area contributed by atoms with Crippen LogP contribution in [0.5, 0.6) is 0 Å². The molecule has 0 bridgehead atoms. The second-order valence-electron chi connectivity index (χ2n) is 7.73. The lowest BCUT2D eigenvalue weighted by molar-refractivity contribution is -0.142. The molecule has 0 saturated carbocycles. The zero-order valence-electron chi connectivity index (χ0n) is 19.1. The normalized spacial score (nSPS) is 11.8. The molecule has 1 heterocycles. The number of ether oxygens (including phenoxy) is 1. The van der Waals surface area contributed by atoms with Crippen LogP contribution < -0.4 is 5.32 Å². The summed E-state index contributed by atoms with van der Waals surface area (Å²) in [6.45, 7) is 4.39. The van der Waals surface area contributed by atoms with Crippen LogP contribution in [0.4, 0.5) is 5.69 Å². The standard InChI is InChI=1S/C26H26N4O3S/c1-3-33-24(31)16-23-28-29-26(30(23)17-19-10-5-4-6-11-19)34-18(2)25(32)27-22-15-9-13-20-12-7-8-14-21(20)22/h4-15,18H,3,16-17H2,1-2H3,(H,27,32)/t18-/m1/s1. The van der Waals surface area contributed by atoms with Gasteiger partial charge in [0.05, 0.1) is 18.4 Å². The number of carbonyl (C=O) groups excluding carboxylic acids is 2. The van der Waals surface area contributed by atoms with Gasteiger partial charge in [0.25, 0.3) is 0 Å². The summed E-state index contributed by atoms with van der Waals surface area (Å²) in [5, 5.41) is 13.7. The van der Waals surface area contributed by atoms with Crippen LogP contribution in [0, 0.1) is 0 Å². The second kappa shape index (κ2) is 11.0. The van der Waals surface area contributed by atoms with E-state index in [-0.39, 0.29) is 18.3 Å². The third kappa shape index (κ3) is 5.63. The first-order valence-corrected chi connectivity index (χ1v) is 12.0. The molecule has 0 aliphatic carbocycles. The first-order valence-electron chi connectivity index (χ1n) is 11.1. The van der Waals surface area contributed by atoms with Crippen molar-refractivity contribution in [3.63, 3.8) is 0 Å². The fourth-order valence-corrected chi connectivity index (χ4v) is 4.45. The molecule has 7 nitrogen and oxygen atoms in total. The summed E-state index contributed by atoms with van der Waals surface area (Å²) in [5.74, 6) is 0.0107. The van der Waals surface area contributed by atoms with Crippen LogP contribution in [0.1, 0.15) is 25.2 Å². The van der Waals surface area contributed by atoms with Gasteiger partial charge >= 0.3 is 5.97 Å². The van der Waals surface area contributed by atoms with Crippen molar-refractivity contribution in [3.8, 4) is 0 Å². The quantitative estimate of drug-likeness (QED) is 0.279. The van der Waals surface area contributed by atoms with Gasteiger partial charge < -0.3 is 14.6 Å². The van der Waals surface area contributed by atoms with Crippen molar-refractivity contribution in [3.05, 3.63) is 84.2 Å². The van der Waals surface area contributed by atoms with Crippen LogP contribution in [0.3, 0.4) is 0 Å². The van der Waals surface area contributed by atoms with Gasteiger partial charge in [-0.05, 0) is 30.9 Å². The van der Waals surface area contributed by atoms with E-state index in [4.69, 9.17) is 4.74 Å². The predicted octanol–water partition coefficient (Wildman–Crippen LogP) is 4.70. The van der Waals surface area contributed by atoms with Gasteiger partial charge in [-0.25, -0.2) is 0 Å². The van der Waals surface area contributed by atoms with E-state index in [1.807, 2.05) is 84.3 Å². The van der Waals surface area contributed by atoms with Crippen molar-refractivity contribution in [1.29, 1.82) is 0 Å². The Morgan fingerprint density at radius 2 is 1.74 bits per heavy atom. The Kier molecular flexibility index (Phi) is 7.59. The van der Waals surface area contributed by atoms with E-state index in [2.05, 4.69) is 15.5 Å². The molecule has 0 aliphatic rings. The fourth-order valence-electron chi connectivity index (χ4n) is 3.58. The molecule has 0 unspecified atom stereocenters. The minimum Gasteiger partial charge on any atom is -0.466 e. The van der Waals surface area contributed by atoms with Gasteiger partial charge in [-0.1, -0.05) is 78.5 Å². The highest BCUT2D eigenvalue weighted by Crippen LogP contribution is 2.27. The summed E-state index contributed by atoms with van der Waals surface area (Å²) < 4.78 is 6.96. The molecule has 174 valence electrons. The number of hydrogen-bond donors (Lipinski definition) is 1. The fraction of sp³-hybridized carbons (Fsp3) is 0.231. The molecule has 1 aromatic heterocycles. The molecule has 4 rings (SSSR count). The number of nitrogens with one attached hydrogen (secondary N) is 1. The SMILES string of the molecule is CCOC(=O)Cc1nnc(S[C@H](C)C(=O)Nc2cccc3ccccc23)n1Cc1ccccc1. The summed E-state index contributed by atoms with van der Waals surface area (Å²) in [6.07, 6.45) is 0.0187. The van der Waals surface area contributed by atoms with Crippen LogP contribution in [-0.2, 0) is 27.3 Å². The van der Waals surface area contributed by atoms with Crippen LogP contribution in [0.2, 0.25) is 0 Å². The lowest BCUT2D eigenvalue weighted by Crippen LogP contribution is -2.23. The largest absolute Gasteiger partial charge is 0.466 e. The number of amides is 1. The molecule has 1 amide bonds. The molecule has 0 fully saturated rings. The van der Waals surface area contributed by atoms with Gasteiger partial charge in [-0.3, -0.25) is 9.59 Å². The Bertz CT molecular complexity index is 1280. The topological polar surface area (TPSA) is 86.1 Å². The van der Waals surface area contributed by atoms with Crippen molar-refractivity contribution in [2.24, 2.45) is 0 Å². The van der Waals surface area contributed by atoms with E-state index in [0.29, 0.717) is 24.1 Å². The predicted molar refractivity (Wildman–Crippen MR) is 134 cm³/mol. The van der Waals surface area contributed by atoms with Gasteiger partial charge in [0.15, 0.2) is 5.16 Å². The number of hydrogen-bond acceptors (Lipinski definition) is 6. The Balaban J connectivity index is 1.53. The molecule has 0 radical (unpaired) electrons. The van der Waals surface area contributed by atoms with E-state index >= 15 is 0 Å². The Hall–Kier alpha value is -3.65. The van der Waals surface area contributed by atoms with Crippen molar-refractivity contribution in [2.75, 3.05) is 11.9 Å². The van der Waals surface area contributed by atoms with Gasteiger partial charge in [0, 0.05) is 11.1 Å². The zero-order valence-corrected chi connectivity index (χ0v) is 19.9. The minimum atomic E-state index is -0.437. The zero-order chi connectivity index (χ0) is 23.9. The van der Waals surface area contributed by atoms with Crippen LogP contribution in [0.25, 0.3) is 10.8 Å². The molecule has 3 aromatic carbocycles. The lowest BCUT2D eigenvalue weighted by Gasteiger charge is -2.15. The Labute approximate surface area is 202 Å². The first-order chi connectivity index (χ1) is 16.5. The van der Waals surface area contributed by atoms with Gasteiger partial charge in [0.1, 0.15) is 12.2 Å². The highest BCUT2D eigenvalue weighted by molar-refractivity contribution is 8.00. The molecule has 0 spiro atoms. The van der Waals surface area contributed by atoms with Crippen molar-refractivity contribution >= 4 is 40.1 Å². The molecule has 1 atom stereocenters. The molecule has 34 heavy (non-hydrogen) atoms. The molecule has 0 aliphatic heterocycles. The van der Waals surface area contributed by atoms with Crippen LogP contribution in [-0.4, -0.2) is 38.5 Å². The first kappa shape index (κ1) is 23.5. The third-order valence-corrected chi connectivity index (χ3v) is 6.36. The maximum Gasteiger partial charge on any atom is 0.313 e. The second-order valence-corrected chi connectivity index (χ2v) is 9.04.